The predicted molar refractivity (Wildman–Crippen MR) is 107 cm³/mol. The van der Waals surface area contributed by atoms with Crippen LogP contribution in [-0.4, -0.2) is 7.11 Å². The first-order chi connectivity index (χ1) is 13.2. The molecule has 0 saturated heterocycles. The quantitative estimate of drug-likeness (QED) is 0.565. The standard InChI is InChI=1S/C23H24FNO2/c1-3-18-8-5-7-11-21(18)25-15-17-12-13-22(23(14-17)26-2)27-16-19-9-4-6-10-20(19)24/h4-14,25H,3,15-16H2,1-2H3. The smallest absolute Gasteiger partial charge is 0.161 e. The van der Waals surface area contributed by atoms with E-state index in [9.17, 15) is 4.39 Å². The van der Waals surface area contributed by atoms with Crippen LogP contribution < -0.4 is 14.8 Å². The summed E-state index contributed by atoms with van der Waals surface area (Å²) in [5.74, 6) is 0.958. The lowest BCUT2D eigenvalue weighted by molar-refractivity contribution is 0.279. The summed E-state index contributed by atoms with van der Waals surface area (Å²) < 4.78 is 25.0. The molecule has 0 atom stereocenters. The topological polar surface area (TPSA) is 30.5 Å². The number of benzene rings is 3. The fourth-order valence-corrected chi connectivity index (χ4v) is 2.91. The van der Waals surface area contributed by atoms with Gasteiger partial charge in [0.25, 0.3) is 0 Å². The van der Waals surface area contributed by atoms with E-state index in [1.54, 1.807) is 25.3 Å². The predicted octanol–water partition coefficient (Wildman–Crippen LogP) is 5.59. The largest absolute Gasteiger partial charge is 0.493 e. The Morgan fingerprint density at radius 2 is 1.63 bits per heavy atom. The van der Waals surface area contributed by atoms with Gasteiger partial charge in [0.05, 0.1) is 7.11 Å². The van der Waals surface area contributed by atoms with E-state index in [0.717, 1.165) is 17.7 Å². The molecular formula is C23H24FNO2. The molecule has 3 nitrogen and oxygen atoms in total. The van der Waals surface area contributed by atoms with Crippen molar-refractivity contribution in [1.82, 2.24) is 0 Å². The SMILES string of the molecule is CCc1ccccc1NCc1ccc(OCc2ccccc2F)c(OC)c1. The van der Waals surface area contributed by atoms with E-state index in [2.05, 4.69) is 30.4 Å². The Morgan fingerprint density at radius 3 is 2.37 bits per heavy atom. The Hall–Kier alpha value is -3.01. The van der Waals surface area contributed by atoms with E-state index in [1.807, 2.05) is 24.3 Å². The molecule has 4 heteroatoms. The molecule has 0 unspecified atom stereocenters. The van der Waals surface area contributed by atoms with Gasteiger partial charge in [-0.05, 0) is 41.8 Å². The summed E-state index contributed by atoms with van der Waals surface area (Å²) in [6, 6.07) is 20.7. The van der Waals surface area contributed by atoms with Gasteiger partial charge in [-0.1, -0.05) is 49.4 Å². The van der Waals surface area contributed by atoms with Crippen molar-refractivity contribution in [1.29, 1.82) is 0 Å². The molecular weight excluding hydrogens is 341 g/mol. The molecule has 0 aliphatic rings. The second-order valence-corrected chi connectivity index (χ2v) is 6.23. The van der Waals surface area contributed by atoms with Crippen LogP contribution in [0.3, 0.4) is 0 Å². The van der Waals surface area contributed by atoms with Crippen LogP contribution in [0.15, 0.2) is 66.7 Å². The maximum Gasteiger partial charge on any atom is 0.161 e. The minimum absolute atomic E-state index is 0.157. The summed E-state index contributed by atoms with van der Waals surface area (Å²) in [6.45, 7) is 2.98. The molecule has 0 heterocycles. The lowest BCUT2D eigenvalue weighted by Gasteiger charge is -2.14. The molecule has 0 amide bonds. The van der Waals surface area contributed by atoms with Crippen molar-refractivity contribution < 1.29 is 13.9 Å². The molecule has 0 spiro atoms. The van der Waals surface area contributed by atoms with E-state index >= 15 is 0 Å². The Morgan fingerprint density at radius 1 is 0.889 bits per heavy atom. The fourth-order valence-electron chi connectivity index (χ4n) is 2.91. The van der Waals surface area contributed by atoms with Crippen molar-refractivity contribution in [2.24, 2.45) is 0 Å². The Bertz CT molecular complexity index is 895. The Labute approximate surface area is 159 Å². The first-order valence-corrected chi connectivity index (χ1v) is 9.06. The zero-order chi connectivity index (χ0) is 19.1. The molecule has 0 aromatic heterocycles. The first kappa shape index (κ1) is 18.8. The van der Waals surface area contributed by atoms with Crippen molar-refractivity contribution in [3.63, 3.8) is 0 Å². The molecule has 3 rings (SSSR count). The number of ether oxygens (including phenoxy) is 2. The van der Waals surface area contributed by atoms with Crippen molar-refractivity contribution >= 4 is 5.69 Å². The van der Waals surface area contributed by atoms with Gasteiger partial charge in [-0.3, -0.25) is 0 Å². The van der Waals surface area contributed by atoms with Crippen molar-refractivity contribution in [2.75, 3.05) is 12.4 Å². The van der Waals surface area contributed by atoms with Gasteiger partial charge in [-0.2, -0.15) is 0 Å². The zero-order valence-electron chi connectivity index (χ0n) is 15.7. The highest BCUT2D eigenvalue weighted by Crippen LogP contribution is 2.29. The second kappa shape index (κ2) is 9.08. The number of para-hydroxylation sites is 1. The fraction of sp³-hybridized carbons (Fsp3) is 0.217. The van der Waals surface area contributed by atoms with E-state index < -0.39 is 0 Å². The van der Waals surface area contributed by atoms with E-state index in [1.165, 1.54) is 11.6 Å². The average molecular weight is 365 g/mol. The van der Waals surface area contributed by atoms with Crippen LogP contribution in [0.25, 0.3) is 0 Å². The van der Waals surface area contributed by atoms with Crippen molar-refractivity contribution in [2.45, 2.75) is 26.5 Å². The number of halogens is 1. The molecule has 0 saturated carbocycles. The van der Waals surface area contributed by atoms with Gasteiger partial charge in [0.15, 0.2) is 11.5 Å². The molecule has 0 bridgehead atoms. The minimum atomic E-state index is -0.271. The lowest BCUT2D eigenvalue weighted by atomic mass is 10.1. The molecule has 3 aromatic carbocycles. The first-order valence-electron chi connectivity index (χ1n) is 9.06. The lowest BCUT2D eigenvalue weighted by Crippen LogP contribution is -2.04. The maximum absolute atomic E-state index is 13.7. The molecule has 0 aliphatic heterocycles. The molecule has 140 valence electrons. The number of aryl methyl sites for hydroxylation is 1. The van der Waals surface area contributed by atoms with Crippen LogP contribution in [0.1, 0.15) is 23.6 Å². The summed E-state index contributed by atoms with van der Waals surface area (Å²) >= 11 is 0. The molecule has 1 N–H and O–H groups in total. The van der Waals surface area contributed by atoms with Crippen LogP contribution in [0.5, 0.6) is 11.5 Å². The number of anilines is 1. The van der Waals surface area contributed by atoms with Crippen molar-refractivity contribution in [3.05, 3.63) is 89.2 Å². The van der Waals surface area contributed by atoms with Gasteiger partial charge in [0.2, 0.25) is 0 Å². The molecule has 3 aromatic rings. The normalized spacial score (nSPS) is 10.5. The number of rotatable bonds is 8. The van der Waals surface area contributed by atoms with E-state index in [-0.39, 0.29) is 12.4 Å². The van der Waals surface area contributed by atoms with Crippen LogP contribution in [0.2, 0.25) is 0 Å². The van der Waals surface area contributed by atoms with Gasteiger partial charge in [0.1, 0.15) is 12.4 Å². The van der Waals surface area contributed by atoms with Crippen LogP contribution in [0.4, 0.5) is 10.1 Å². The second-order valence-electron chi connectivity index (χ2n) is 6.23. The number of methoxy groups -OCH3 is 1. The maximum atomic E-state index is 13.7. The zero-order valence-corrected chi connectivity index (χ0v) is 15.7. The number of hydrogen-bond donors (Lipinski definition) is 1. The summed E-state index contributed by atoms with van der Waals surface area (Å²) in [5.41, 5.74) is 4.02. The minimum Gasteiger partial charge on any atom is -0.493 e. The van der Waals surface area contributed by atoms with E-state index in [0.29, 0.717) is 23.6 Å². The average Bonchev–Trinajstić information content (AvgIpc) is 2.72. The number of hydrogen-bond acceptors (Lipinski definition) is 3. The third-order valence-electron chi connectivity index (χ3n) is 4.45. The Kier molecular flexibility index (Phi) is 6.31. The summed E-state index contributed by atoms with van der Waals surface area (Å²) in [4.78, 5) is 0. The summed E-state index contributed by atoms with van der Waals surface area (Å²) in [6.07, 6.45) is 0.981. The molecule has 0 radical (unpaired) electrons. The highest BCUT2D eigenvalue weighted by Gasteiger charge is 2.08. The monoisotopic (exact) mass is 365 g/mol. The third-order valence-corrected chi connectivity index (χ3v) is 4.45. The highest BCUT2D eigenvalue weighted by atomic mass is 19.1. The van der Waals surface area contributed by atoms with Gasteiger partial charge in [-0.15, -0.1) is 0 Å². The summed E-state index contributed by atoms with van der Waals surface area (Å²) in [5, 5.41) is 3.47. The summed E-state index contributed by atoms with van der Waals surface area (Å²) in [7, 11) is 1.61. The van der Waals surface area contributed by atoms with Crippen LogP contribution in [-0.2, 0) is 19.6 Å². The molecule has 27 heavy (non-hydrogen) atoms. The van der Waals surface area contributed by atoms with Gasteiger partial charge < -0.3 is 14.8 Å². The van der Waals surface area contributed by atoms with Crippen LogP contribution in [0, 0.1) is 5.82 Å². The van der Waals surface area contributed by atoms with Gasteiger partial charge >= 0.3 is 0 Å². The number of nitrogens with one attached hydrogen (secondary N) is 1. The van der Waals surface area contributed by atoms with Gasteiger partial charge in [-0.25, -0.2) is 4.39 Å². The van der Waals surface area contributed by atoms with E-state index in [4.69, 9.17) is 9.47 Å². The Balaban J connectivity index is 1.68. The van der Waals surface area contributed by atoms with Gasteiger partial charge in [0, 0.05) is 17.8 Å². The molecule has 0 aliphatic carbocycles. The highest BCUT2D eigenvalue weighted by molar-refractivity contribution is 5.52. The molecule has 0 fully saturated rings. The van der Waals surface area contributed by atoms with Crippen molar-refractivity contribution in [3.8, 4) is 11.5 Å². The van der Waals surface area contributed by atoms with Crippen LogP contribution >= 0.6 is 0 Å². The third kappa shape index (κ3) is 4.79.